The van der Waals surface area contributed by atoms with E-state index in [2.05, 4.69) is 4.72 Å². The van der Waals surface area contributed by atoms with Gasteiger partial charge in [0.15, 0.2) is 0 Å². The van der Waals surface area contributed by atoms with Crippen LogP contribution in [0.3, 0.4) is 0 Å². The van der Waals surface area contributed by atoms with Gasteiger partial charge in [0.05, 0.1) is 4.90 Å². The minimum atomic E-state index is -3.37. The van der Waals surface area contributed by atoms with Crippen molar-refractivity contribution in [3.63, 3.8) is 0 Å². The Balaban J connectivity index is 2.93. The molecule has 0 amide bonds. The van der Waals surface area contributed by atoms with Gasteiger partial charge < -0.3 is 5.73 Å². The first kappa shape index (κ1) is 11.0. The number of hydrogen-bond acceptors (Lipinski definition) is 3. The molecule has 1 aromatic carbocycles. The summed E-state index contributed by atoms with van der Waals surface area (Å²) in [5.41, 5.74) is 5.94. The molecule has 5 heteroatoms. The largest absolute Gasteiger partial charge is 0.399 e. The van der Waals surface area contributed by atoms with Gasteiger partial charge in [-0.3, -0.25) is 0 Å². The quantitative estimate of drug-likeness (QED) is 0.733. The SMILES string of the molecule is CCCNS(=O)(=O)c1cccc(N)c1. The minimum Gasteiger partial charge on any atom is -0.399 e. The summed E-state index contributed by atoms with van der Waals surface area (Å²) in [5, 5.41) is 0. The van der Waals surface area contributed by atoms with Crippen LogP contribution in [-0.4, -0.2) is 15.0 Å². The molecular formula is C9H14N2O2S. The summed E-state index contributed by atoms with van der Waals surface area (Å²) in [6.45, 7) is 2.35. The van der Waals surface area contributed by atoms with Crippen molar-refractivity contribution in [3.8, 4) is 0 Å². The lowest BCUT2D eigenvalue weighted by Gasteiger charge is -2.05. The number of sulfonamides is 1. The van der Waals surface area contributed by atoms with Crippen molar-refractivity contribution in [1.29, 1.82) is 0 Å². The lowest BCUT2D eigenvalue weighted by atomic mass is 10.3. The second kappa shape index (κ2) is 4.43. The van der Waals surface area contributed by atoms with Crippen LogP contribution < -0.4 is 10.5 Å². The molecule has 78 valence electrons. The molecular weight excluding hydrogens is 200 g/mol. The number of hydrogen-bond donors (Lipinski definition) is 2. The Morgan fingerprint density at radius 1 is 1.43 bits per heavy atom. The predicted molar refractivity (Wildman–Crippen MR) is 56.3 cm³/mol. The molecule has 14 heavy (non-hydrogen) atoms. The van der Waals surface area contributed by atoms with Crippen LogP contribution in [0.2, 0.25) is 0 Å². The van der Waals surface area contributed by atoms with E-state index in [4.69, 9.17) is 5.73 Å². The van der Waals surface area contributed by atoms with Crippen molar-refractivity contribution in [3.05, 3.63) is 24.3 Å². The first-order valence-corrected chi connectivity index (χ1v) is 5.90. The molecule has 4 nitrogen and oxygen atoms in total. The second-order valence-electron chi connectivity index (χ2n) is 2.97. The lowest BCUT2D eigenvalue weighted by molar-refractivity contribution is 0.581. The van der Waals surface area contributed by atoms with Gasteiger partial charge in [0, 0.05) is 12.2 Å². The average Bonchev–Trinajstić information content (AvgIpc) is 2.15. The zero-order valence-electron chi connectivity index (χ0n) is 8.03. The van der Waals surface area contributed by atoms with Crippen molar-refractivity contribution >= 4 is 15.7 Å². The standard InChI is InChI=1S/C9H14N2O2S/c1-2-6-11-14(12,13)9-5-3-4-8(10)7-9/h3-5,7,11H,2,6,10H2,1H3. The number of anilines is 1. The van der Waals surface area contributed by atoms with Crippen molar-refractivity contribution < 1.29 is 8.42 Å². The van der Waals surface area contributed by atoms with Gasteiger partial charge >= 0.3 is 0 Å². The summed E-state index contributed by atoms with van der Waals surface area (Å²) in [6.07, 6.45) is 0.765. The van der Waals surface area contributed by atoms with Crippen molar-refractivity contribution in [1.82, 2.24) is 4.72 Å². The molecule has 0 bridgehead atoms. The highest BCUT2D eigenvalue weighted by atomic mass is 32.2. The van der Waals surface area contributed by atoms with Crippen LogP contribution in [0.5, 0.6) is 0 Å². The maximum Gasteiger partial charge on any atom is 0.240 e. The van der Waals surface area contributed by atoms with Gasteiger partial charge in [0.2, 0.25) is 10.0 Å². The van der Waals surface area contributed by atoms with Gasteiger partial charge in [-0.15, -0.1) is 0 Å². The molecule has 1 aromatic rings. The fourth-order valence-electron chi connectivity index (χ4n) is 1.00. The highest BCUT2D eigenvalue weighted by Crippen LogP contribution is 2.12. The minimum absolute atomic E-state index is 0.214. The maximum absolute atomic E-state index is 11.6. The van der Waals surface area contributed by atoms with Crippen LogP contribution in [0.1, 0.15) is 13.3 Å². The molecule has 0 unspecified atom stereocenters. The summed E-state index contributed by atoms with van der Waals surface area (Å²) >= 11 is 0. The fraction of sp³-hybridized carbons (Fsp3) is 0.333. The van der Waals surface area contributed by atoms with Crippen molar-refractivity contribution in [2.45, 2.75) is 18.2 Å². The average molecular weight is 214 g/mol. The highest BCUT2D eigenvalue weighted by Gasteiger charge is 2.12. The maximum atomic E-state index is 11.6. The second-order valence-corrected chi connectivity index (χ2v) is 4.74. The Morgan fingerprint density at radius 3 is 2.71 bits per heavy atom. The van der Waals surface area contributed by atoms with Crippen LogP contribution in [-0.2, 0) is 10.0 Å². The van der Waals surface area contributed by atoms with E-state index in [9.17, 15) is 8.42 Å². The first-order chi connectivity index (χ1) is 6.56. The van der Waals surface area contributed by atoms with Crippen LogP contribution in [0.15, 0.2) is 29.2 Å². The molecule has 0 aliphatic rings. The van der Waals surface area contributed by atoms with E-state index in [1.165, 1.54) is 12.1 Å². The Hall–Kier alpha value is -1.07. The lowest BCUT2D eigenvalue weighted by Crippen LogP contribution is -2.24. The van der Waals surface area contributed by atoms with Crippen molar-refractivity contribution in [2.24, 2.45) is 0 Å². The third-order valence-electron chi connectivity index (χ3n) is 1.71. The monoisotopic (exact) mass is 214 g/mol. The summed E-state index contributed by atoms with van der Waals surface area (Å²) < 4.78 is 25.6. The number of rotatable bonds is 4. The van der Waals surface area contributed by atoms with Crippen LogP contribution in [0.25, 0.3) is 0 Å². The van der Waals surface area contributed by atoms with Crippen LogP contribution >= 0.6 is 0 Å². The van der Waals surface area contributed by atoms with Gasteiger partial charge in [0.1, 0.15) is 0 Å². The fourth-order valence-corrected chi connectivity index (χ4v) is 2.19. The number of nitrogens with two attached hydrogens (primary N) is 1. The van der Waals surface area contributed by atoms with Crippen LogP contribution in [0.4, 0.5) is 5.69 Å². The Kier molecular flexibility index (Phi) is 3.49. The predicted octanol–water partition coefficient (Wildman–Crippen LogP) is 0.957. The van der Waals surface area contributed by atoms with Gasteiger partial charge in [0.25, 0.3) is 0 Å². The Labute approximate surface area is 84.2 Å². The number of benzene rings is 1. The summed E-state index contributed by atoms with van der Waals surface area (Å²) in [6, 6.07) is 6.24. The Morgan fingerprint density at radius 2 is 2.14 bits per heavy atom. The third kappa shape index (κ3) is 2.71. The molecule has 0 saturated heterocycles. The van der Waals surface area contributed by atoms with Crippen LogP contribution in [0, 0.1) is 0 Å². The molecule has 0 aliphatic heterocycles. The summed E-state index contributed by atoms with van der Waals surface area (Å²) in [5.74, 6) is 0. The zero-order chi connectivity index (χ0) is 10.6. The molecule has 0 radical (unpaired) electrons. The number of nitrogens with one attached hydrogen (secondary N) is 1. The van der Waals surface area contributed by atoms with Gasteiger partial charge in [-0.05, 0) is 24.6 Å². The molecule has 0 aromatic heterocycles. The van der Waals surface area contributed by atoms with E-state index in [0.717, 1.165) is 6.42 Å². The van der Waals surface area contributed by atoms with E-state index in [1.54, 1.807) is 12.1 Å². The van der Waals surface area contributed by atoms with E-state index in [-0.39, 0.29) is 4.90 Å². The van der Waals surface area contributed by atoms with E-state index < -0.39 is 10.0 Å². The summed E-state index contributed by atoms with van der Waals surface area (Å²) in [4.78, 5) is 0.214. The molecule has 1 rings (SSSR count). The van der Waals surface area contributed by atoms with Crippen molar-refractivity contribution in [2.75, 3.05) is 12.3 Å². The molecule has 3 N–H and O–H groups in total. The molecule has 0 heterocycles. The Bertz CT molecular complexity index is 401. The third-order valence-corrected chi connectivity index (χ3v) is 3.17. The zero-order valence-corrected chi connectivity index (χ0v) is 8.84. The number of nitrogen functional groups attached to an aromatic ring is 1. The van der Waals surface area contributed by atoms with Gasteiger partial charge in [-0.2, -0.15) is 0 Å². The molecule has 0 saturated carbocycles. The normalized spacial score (nSPS) is 11.5. The molecule has 0 aliphatic carbocycles. The smallest absolute Gasteiger partial charge is 0.240 e. The topological polar surface area (TPSA) is 72.2 Å². The van der Waals surface area contributed by atoms with E-state index >= 15 is 0 Å². The van der Waals surface area contributed by atoms with E-state index in [0.29, 0.717) is 12.2 Å². The molecule has 0 fully saturated rings. The van der Waals surface area contributed by atoms with Gasteiger partial charge in [-0.25, -0.2) is 13.1 Å². The first-order valence-electron chi connectivity index (χ1n) is 4.41. The highest BCUT2D eigenvalue weighted by molar-refractivity contribution is 7.89. The summed E-state index contributed by atoms with van der Waals surface area (Å²) in [7, 11) is -3.37. The molecule has 0 spiro atoms. The van der Waals surface area contributed by atoms with E-state index in [1.807, 2.05) is 6.92 Å². The molecule has 0 atom stereocenters. The van der Waals surface area contributed by atoms with Gasteiger partial charge in [-0.1, -0.05) is 13.0 Å².